The van der Waals surface area contributed by atoms with Crippen molar-refractivity contribution in [1.82, 2.24) is 14.8 Å². The lowest BCUT2D eigenvalue weighted by Gasteiger charge is -2.34. The van der Waals surface area contributed by atoms with Gasteiger partial charge in [-0.1, -0.05) is 24.3 Å². The third-order valence-electron chi connectivity index (χ3n) is 6.86. The number of carbonyl (C=O) groups excluding carboxylic acids is 2. The highest BCUT2D eigenvalue weighted by atomic mass is 32.1. The summed E-state index contributed by atoms with van der Waals surface area (Å²) in [7, 11) is 4.04. The molecular weight excluding hydrogens is 418 g/mol. The van der Waals surface area contributed by atoms with Crippen LogP contribution in [-0.2, 0) is 6.42 Å². The first-order valence-electron chi connectivity index (χ1n) is 11.1. The predicted molar refractivity (Wildman–Crippen MR) is 127 cm³/mol. The summed E-state index contributed by atoms with van der Waals surface area (Å²) in [6.07, 6.45) is 6.18. The Balaban J connectivity index is 1.50. The molecule has 32 heavy (non-hydrogen) atoms. The third-order valence-corrected chi connectivity index (χ3v) is 8.10. The molecule has 1 aliphatic heterocycles. The molecule has 1 atom stereocenters. The van der Waals surface area contributed by atoms with Gasteiger partial charge in [-0.3, -0.25) is 14.6 Å². The van der Waals surface area contributed by atoms with E-state index in [9.17, 15) is 9.59 Å². The molecule has 5 nitrogen and oxygen atoms in total. The Morgan fingerprint density at radius 3 is 2.53 bits per heavy atom. The van der Waals surface area contributed by atoms with Gasteiger partial charge in [0, 0.05) is 35.9 Å². The number of carbonyl (C=O) groups is 2. The van der Waals surface area contributed by atoms with Crippen LogP contribution in [0.3, 0.4) is 0 Å². The minimum Gasteiger partial charge on any atom is -0.338 e. The van der Waals surface area contributed by atoms with Crippen LogP contribution in [0.2, 0.25) is 0 Å². The number of ketones is 1. The molecule has 1 aliphatic carbocycles. The zero-order chi connectivity index (χ0) is 22.2. The van der Waals surface area contributed by atoms with E-state index >= 15 is 0 Å². The molecule has 1 fully saturated rings. The summed E-state index contributed by atoms with van der Waals surface area (Å²) in [5.41, 5.74) is 3.87. The highest BCUT2D eigenvalue weighted by molar-refractivity contribution is 7.14. The largest absolute Gasteiger partial charge is 0.338 e. The minimum absolute atomic E-state index is 0.0501. The number of nitrogens with zero attached hydrogens (tertiary/aromatic N) is 3. The molecular formula is C26H27N3O2S. The van der Waals surface area contributed by atoms with Crippen LogP contribution in [0, 0.1) is 0 Å². The van der Waals surface area contributed by atoms with Crippen molar-refractivity contribution in [1.29, 1.82) is 0 Å². The van der Waals surface area contributed by atoms with Gasteiger partial charge in [0.05, 0.1) is 10.8 Å². The van der Waals surface area contributed by atoms with E-state index in [1.54, 1.807) is 12.4 Å². The van der Waals surface area contributed by atoms with Gasteiger partial charge in [0.2, 0.25) is 0 Å². The normalized spacial score (nSPS) is 19.2. The molecule has 6 heteroatoms. The van der Waals surface area contributed by atoms with Crippen molar-refractivity contribution < 1.29 is 9.59 Å². The van der Waals surface area contributed by atoms with Crippen molar-refractivity contribution in [2.75, 3.05) is 27.2 Å². The van der Waals surface area contributed by atoms with Gasteiger partial charge in [-0.05, 0) is 74.3 Å². The van der Waals surface area contributed by atoms with Crippen LogP contribution >= 0.6 is 11.3 Å². The fourth-order valence-corrected chi connectivity index (χ4v) is 6.16. The van der Waals surface area contributed by atoms with Gasteiger partial charge in [0.15, 0.2) is 5.78 Å². The van der Waals surface area contributed by atoms with Crippen LogP contribution in [0.4, 0.5) is 0 Å². The van der Waals surface area contributed by atoms with Gasteiger partial charge < -0.3 is 9.80 Å². The first kappa shape index (κ1) is 21.0. The lowest BCUT2D eigenvalue weighted by molar-refractivity contribution is 0.0664. The number of likely N-dealkylation sites (tertiary alicyclic amines) is 1. The summed E-state index contributed by atoms with van der Waals surface area (Å²) in [6, 6.07) is 14.0. The number of thiophene rings is 1. The first-order chi connectivity index (χ1) is 15.5. The SMILES string of the molecule is CN1CCC(N(C)C(=O)c2cc(-c3ccncc3)c(C3Cc4ccccc4C3=O)s2)CC1. The van der Waals surface area contributed by atoms with E-state index in [4.69, 9.17) is 0 Å². The Morgan fingerprint density at radius 1 is 1.09 bits per heavy atom. The molecule has 0 spiro atoms. The quantitative estimate of drug-likeness (QED) is 0.593. The fraction of sp³-hybridized carbons (Fsp3) is 0.346. The molecule has 0 radical (unpaired) electrons. The molecule has 164 valence electrons. The average molecular weight is 446 g/mol. The number of fused-ring (bicyclic) bond motifs is 1. The maximum atomic E-state index is 13.5. The molecule has 1 amide bonds. The molecule has 1 aromatic carbocycles. The van der Waals surface area contributed by atoms with Crippen molar-refractivity contribution in [2.45, 2.75) is 31.2 Å². The Bertz CT molecular complexity index is 1150. The van der Waals surface area contributed by atoms with E-state index in [2.05, 4.69) is 16.9 Å². The summed E-state index contributed by atoms with van der Waals surface area (Å²) < 4.78 is 0. The minimum atomic E-state index is -0.240. The highest BCUT2D eigenvalue weighted by Crippen LogP contribution is 2.43. The number of Topliss-reactive ketones (excluding diaryl/α,β-unsaturated/α-hetero) is 1. The molecule has 1 unspecified atom stereocenters. The maximum absolute atomic E-state index is 13.5. The molecule has 2 aromatic heterocycles. The van der Waals surface area contributed by atoms with Crippen LogP contribution in [0.5, 0.6) is 0 Å². The zero-order valence-electron chi connectivity index (χ0n) is 18.5. The lowest BCUT2D eigenvalue weighted by Crippen LogP contribution is -2.44. The fourth-order valence-electron chi connectivity index (χ4n) is 4.90. The highest BCUT2D eigenvalue weighted by Gasteiger charge is 2.35. The van der Waals surface area contributed by atoms with Crippen LogP contribution in [0.15, 0.2) is 54.9 Å². The van der Waals surface area contributed by atoms with E-state index in [1.165, 1.54) is 11.3 Å². The van der Waals surface area contributed by atoms with Crippen molar-refractivity contribution >= 4 is 23.0 Å². The molecule has 0 saturated carbocycles. The van der Waals surface area contributed by atoms with Gasteiger partial charge in [0.1, 0.15) is 0 Å². The number of piperidine rings is 1. The number of aromatic nitrogens is 1. The number of pyridine rings is 1. The van der Waals surface area contributed by atoms with Crippen molar-refractivity contribution in [3.8, 4) is 11.1 Å². The van der Waals surface area contributed by atoms with Gasteiger partial charge in [0.25, 0.3) is 5.91 Å². The van der Waals surface area contributed by atoms with E-state index in [-0.39, 0.29) is 23.7 Å². The van der Waals surface area contributed by atoms with Crippen LogP contribution in [0.25, 0.3) is 11.1 Å². The second-order valence-electron chi connectivity index (χ2n) is 8.85. The molecule has 5 rings (SSSR count). The molecule has 0 N–H and O–H groups in total. The molecule has 2 aliphatic rings. The maximum Gasteiger partial charge on any atom is 0.263 e. The van der Waals surface area contributed by atoms with Crippen LogP contribution in [0.1, 0.15) is 49.2 Å². The number of hydrogen-bond acceptors (Lipinski definition) is 5. The summed E-state index contributed by atoms with van der Waals surface area (Å²) in [5.74, 6) is -0.0368. The molecule has 0 bridgehead atoms. The monoisotopic (exact) mass is 445 g/mol. The number of hydrogen-bond donors (Lipinski definition) is 0. The molecule has 3 aromatic rings. The summed E-state index contributed by atoms with van der Waals surface area (Å²) >= 11 is 1.48. The van der Waals surface area contributed by atoms with E-state index in [0.29, 0.717) is 11.3 Å². The molecule has 1 saturated heterocycles. The van der Waals surface area contributed by atoms with E-state index < -0.39 is 0 Å². The van der Waals surface area contributed by atoms with Gasteiger partial charge in [-0.2, -0.15) is 0 Å². The number of rotatable bonds is 4. The second-order valence-corrected chi connectivity index (χ2v) is 9.94. The van der Waals surface area contributed by atoms with Gasteiger partial charge in [-0.15, -0.1) is 11.3 Å². The smallest absolute Gasteiger partial charge is 0.263 e. The summed E-state index contributed by atoms with van der Waals surface area (Å²) in [6.45, 7) is 2.02. The second kappa shape index (κ2) is 8.60. The van der Waals surface area contributed by atoms with E-state index in [1.807, 2.05) is 54.4 Å². The lowest BCUT2D eigenvalue weighted by atomic mass is 9.96. The third kappa shape index (κ3) is 3.78. The average Bonchev–Trinajstić information content (AvgIpc) is 3.41. The topological polar surface area (TPSA) is 53.5 Å². The Hall–Kier alpha value is -2.83. The van der Waals surface area contributed by atoms with Crippen LogP contribution < -0.4 is 0 Å². The number of benzene rings is 1. The van der Waals surface area contributed by atoms with Crippen molar-refractivity contribution in [2.24, 2.45) is 0 Å². The van der Waals surface area contributed by atoms with Gasteiger partial charge in [-0.25, -0.2) is 0 Å². The summed E-state index contributed by atoms with van der Waals surface area (Å²) in [4.78, 5) is 36.8. The van der Waals surface area contributed by atoms with Crippen molar-refractivity contribution in [3.05, 3.63) is 75.7 Å². The van der Waals surface area contributed by atoms with Gasteiger partial charge >= 0.3 is 0 Å². The predicted octanol–water partition coefficient (Wildman–Crippen LogP) is 4.50. The number of amides is 1. The first-order valence-corrected chi connectivity index (χ1v) is 12.0. The van der Waals surface area contributed by atoms with Crippen LogP contribution in [-0.4, -0.2) is 59.7 Å². The Kier molecular flexibility index (Phi) is 5.66. The Morgan fingerprint density at radius 2 is 1.81 bits per heavy atom. The standard InChI is InChI=1S/C26H27N3O2S/c1-28-13-9-19(10-14-28)29(2)26(31)23-16-21(17-7-11-27-12-8-17)25(32-23)22-15-18-5-3-4-6-20(18)24(22)30/h3-8,11-12,16,19,22H,9-10,13-15H2,1-2H3. The van der Waals surface area contributed by atoms with Crippen molar-refractivity contribution in [3.63, 3.8) is 0 Å². The molecule has 3 heterocycles. The zero-order valence-corrected chi connectivity index (χ0v) is 19.3. The van der Waals surface area contributed by atoms with E-state index in [0.717, 1.165) is 53.1 Å². The summed E-state index contributed by atoms with van der Waals surface area (Å²) in [5, 5.41) is 0. The Labute approximate surface area is 192 Å².